The third-order valence-electron chi connectivity index (χ3n) is 4.40. The van der Waals surface area contributed by atoms with Crippen LogP contribution in [0.15, 0.2) is 47.6 Å². The Morgan fingerprint density at radius 2 is 1.88 bits per heavy atom. The van der Waals surface area contributed by atoms with Crippen molar-refractivity contribution in [2.75, 3.05) is 30.4 Å². The standard InChI is InChI=1S/C20H24N4O2/c1-15-13-16(5-10-19(15)24-11-3-4-12-24)14-21-23-20(25)22-17-6-8-18(26-2)9-7-17/h5-10,13-14H,3-4,11-12H2,1-2H3,(H2,22,23,25)/b21-14-. The van der Waals surface area contributed by atoms with Gasteiger partial charge in [0.05, 0.1) is 13.3 Å². The Hall–Kier alpha value is -3.02. The average Bonchev–Trinajstić information content (AvgIpc) is 3.17. The first kappa shape index (κ1) is 17.8. The van der Waals surface area contributed by atoms with Crippen molar-refractivity contribution in [2.45, 2.75) is 19.8 Å². The van der Waals surface area contributed by atoms with Gasteiger partial charge in [0.25, 0.3) is 0 Å². The van der Waals surface area contributed by atoms with E-state index in [0.29, 0.717) is 5.69 Å². The van der Waals surface area contributed by atoms with E-state index in [4.69, 9.17) is 4.74 Å². The lowest BCUT2D eigenvalue weighted by atomic mass is 10.1. The largest absolute Gasteiger partial charge is 0.497 e. The molecule has 2 amide bonds. The number of nitrogens with zero attached hydrogens (tertiary/aromatic N) is 2. The predicted molar refractivity (Wildman–Crippen MR) is 105 cm³/mol. The summed E-state index contributed by atoms with van der Waals surface area (Å²) in [5.41, 5.74) is 6.60. The van der Waals surface area contributed by atoms with Gasteiger partial charge < -0.3 is 15.0 Å². The van der Waals surface area contributed by atoms with Crippen molar-refractivity contribution >= 4 is 23.6 Å². The summed E-state index contributed by atoms with van der Waals surface area (Å²) in [6.07, 6.45) is 4.17. The van der Waals surface area contributed by atoms with Crippen LogP contribution in [-0.4, -0.2) is 32.4 Å². The molecule has 2 N–H and O–H groups in total. The maximum Gasteiger partial charge on any atom is 0.339 e. The molecule has 0 unspecified atom stereocenters. The van der Waals surface area contributed by atoms with E-state index in [1.165, 1.54) is 24.1 Å². The number of anilines is 2. The second kappa shape index (κ2) is 8.38. The summed E-state index contributed by atoms with van der Waals surface area (Å²) in [6, 6.07) is 12.9. The molecule has 1 heterocycles. The highest BCUT2D eigenvalue weighted by atomic mass is 16.5. The minimum absolute atomic E-state index is 0.392. The van der Waals surface area contributed by atoms with Gasteiger partial charge in [-0.05, 0) is 67.3 Å². The van der Waals surface area contributed by atoms with E-state index < -0.39 is 6.03 Å². The minimum atomic E-state index is -0.392. The molecule has 2 aromatic rings. The fourth-order valence-electron chi connectivity index (χ4n) is 3.07. The summed E-state index contributed by atoms with van der Waals surface area (Å²) in [5, 5.41) is 6.73. The van der Waals surface area contributed by atoms with Gasteiger partial charge in [-0.3, -0.25) is 0 Å². The summed E-state index contributed by atoms with van der Waals surface area (Å²) in [7, 11) is 1.60. The zero-order valence-electron chi connectivity index (χ0n) is 15.2. The fourth-order valence-corrected chi connectivity index (χ4v) is 3.07. The van der Waals surface area contributed by atoms with Crippen LogP contribution in [0, 0.1) is 6.92 Å². The number of ether oxygens (including phenoxy) is 1. The number of methoxy groups -OCH3 is 1. The Morgan fingerprint density at radius 1 is 1.15 bits per heavy atom. The number of amides is 2. The number of nitrogens with one attached hydrogen (secondary N) is 2. The van der Waals surface area contributed by atoms with Crippen molar-refractivity contribution in [2.24, 2.45) is 5.10 Å². The van der Waals surface area contributed by atoms with Gasteiger partial charge in [0.15, 0.2) is 0 Å². The Kier molecular flexibility index (Phi) is 5.73. The topological polar surface area (TPSA) is 66.0 Å². The Morgan fingerprint density at radius 3 is 2.54 bits per heavy atom. The Bertz CT molecular complexity index is 781. The normalized spacial score (nSPS) is 13.8. The number of carbonyl (C=O) groups excluding carboxylic acids is 1. The number of urea groups is 1. The van der Waals surface area contributed by atoms with Crippen LogP contribution in [0.5, 0.6) is 5.75 Å². The number of aryl methyl sites for hydroxylation is 1. The number of hydrogen-bond acceptors (Lipinski definition) is 4. The van der Waals surface area contributed by atoms with Crippen LogP contribution in [0.2, 0.25) is 0 Å². The van der Waals surface area contributed by atoms with Crippen LogP contribution in [0.3, 0.4) is 0 Å². The van der Waals surface area contributed by atoms with Gasteiger partial charge in [-0.2, -0.15) is 5.10 Å². The van der Waals surface area contributed by atoms with E-state index in [9.17, 15) is 4.79 Å². The Balaban J connectivity index is 1.54. The van der Waals surface area contributed by atoms with Crippen molar-refractivity contribution in [3.63, 3.8) is 0 Å². The third kappa shape index (κ3) is 4.53. The SMILES string of the molecule is COc1ccc(NC(=O)N/N=C\c2ccc(N3CCCC3)c(C)c2)cc1. The summed E-state index contributed by atoms with van der Waals surface area (Å²) in [4.78, 5) is 14.3. The highest BCUT2D eigenvalue weighted by Crippen LogP contribution is 2.24. The van der Waals surface area contributed by atoms with Gasteiger partial charge in [0, 0.05) is 24.5 Å². The molecular weight excluding hydrogens is 328 g/mol. The number of hydrogen-bond donors (Lipinski definition) is 2. The molecule has 6 heteroatoms. The molecule has 0 saturated carbocycles. The lowest BCUT2D eigenvalue weighted by Crippen LogP contribution is -2.24. The maximum atomic E-state index is 11.9. The Labute approximate surface area is 153 Å². The van der Waals surface area contributed by atoms with E-state index >= 15 is 0 Å². The van der Waals surface area contributed by atoms with E-state index in [2.05, 4.69) is 39.8 Å². The van der Waals surface area contributed by atoms with Gasteiger partial charge >= 0.3 is 6.03 Å². The first-order valence-electron chi connectivity index (χ1n) is 8.75. The van der Waals surface area contributed by atoms with Crippen LogP contribution in [0.25, 0.3) is 0 Å². The molecule has 1 aliphatic rings. The number of carbonyl (C=O) groups is 1. The number of hydrazone groups is 1. The third-order valence-corrected chi connectivity index (χ3v) is 4.40. The molecule has 3 rings (SSSR count). The lowest BCUT2D eigenvalue weighted by Gasteiger charge is -2.20. The second-order valence-corrected chi connectivity index (χ2v) is 6.29. The highest BCUT2D eigenvalue weighted by Gasteiger charge is 2.13. The molecule has 0 aliphatic carbocycles. The molecule has 26 heavy (non-hydrogen) atoms. The van der Waals surface area contributed by atoms with Crippen LogP contribution in [0.4, 0.5) is 16.2 Å². The molecule has 1 saturated heterocycles. The molecular formula is C20H24N4O2. The fraction of sp³-hybridized carbons (Fsp3) is 0.300. The average molecular weight is 352 g/mol. The predicted octanol–water partition coefficient (Wildman–Crippen LogP) is 3.76. The van der Waals surface area contributed by atoms with Gasteiger partial charge in [0.1, 0.15) is 5.75 Å². The van der Waals surface area contributed by atoms with Crippen molar-refractivity contribution in [3.8, 4) is 5.75 Å². The molecule has 1 aliphatic heterocycles. The summed E-state index contributed by atoms with van der Waals surface area (Å²) >= 11 is 0. The summed E-state index contributed by atoms with van der Waals surface area (Å²) < 4.78 is 5.08. The van der Waals surface area contributed by atoms with Crippen molar-refractivity contribution in [3.05, 3.63) is 53.6 Å². The molecule has 0 atom stereocenters. The molecule has 136 valence electrons. The summed E-state index contributed by atoms with van der Waals surface area (Å²) in [5.74, 6) is 0.738. The second-order valence-electron chi connectivity index (χ2n) is 6.29. The van der Waals surface area contributed by atoms with Gasteiger partial charge in [-0.15, -0.1) is 0 Å². The van der Waals surface area contributed by atoms with Gasteiger partial charge in [0.2, 0.25) is 0 Å². The zero-order chi connectivity index (χ0) is 18.4. The van der Waals surface area contributed by atoms with E-state index in [0.717, 1.165) is 24.4 Å². The van der Waals surface area contributed by atoms with Crippen LogP contribution in [0.1, 0.15) is 24.0 Å². The molecule has 0 spiro atoms. The van der Waals surface area contributed by atoms with Gasteiger partial charge in [-0.1, -0.05) is 6.07 Å². The number of benzene rings is 2. The van der Waals surface area contributed by atoms with Crippen molar-refractivity contribution in [1.29, 1.82) is 0 Å². The quantitative estimate of drug-likeness (QED) is 0.636. The summed E-state index contributed by atoms with van der Waals surface area (Å²) in [6.45, 7) is 4.36. The van der Waals surface area contributed by atoms with Crippen molar-refractivity contribution in [1.82, 2.24) is 5.43 Å². The first-order chi connectivity index (χ1) is 12.7. The minimum Gasteiger partial charge on any atom is -0.497 e. The van der Waals surface area contributed by atoms with Crippen molar-refractivity contribution < 1.29 is 9.53 Å². The number of rotatable bonds is 5. The van der Waals surface area contributed by atoms with E-state index in [1.54, 1.807) is 37.6 Å². The molecule has 1 fully saturated rings. The molecule has 6 nitrogen and oxygen atoms in total. The molecule has 0 radical (unpaired) electrons. The highest BCUT2D eigenvalue weighted by molar-refractivity contribution is 5.90. The van der Waals surface area contributed by atoms with Crippen LogP contribution < -0.4 is 20.4 Å². The maximum absolute atomic E-state index is 11.9. The van der Waals surface area contributed by atoms with Gasteiger partial charge in [-0.25, -0.2) is 10.2 Å². The smallest absolute Gasteiger partial charge is 0.339 e. The van der Waals surface area contributed by atoms with E-state index in [-0.39, 0.29) is 0 Å². The first-order valence-corrected chi connectivity index (χ1v) is 8.75. The zero-order valence-corrected chi connectivity index (χ0v) is 15.2. The van der Waals surface area contributed by atoms with E-state index in [1.807, 2.05) is 6.07 Å². The monoisotopic (exact) mass is 352 g/mol. The van der Waals surface area contributed by atoms with Crippen LogP contribution in [-0.2, 0) is 0 Å². The molecule has 0 aromatic heterocycles. The molecule has 0 bridgehead atoms. The molecule has 2 aromatic carbocycles. The lowest BCUT2D eigenvalue weighted by molar-refractivity contribution is 0.252. The van der Waals surface area contributed by atoms with Crippen LogP contribution >= 0.6 is 0 Å².